The summed E-state index contributed by atoms with van der Waals surface area (Å²) in [4.78, 5) is 38.2. The first-order valence-electron chi connectivity index (χ1n) is 9.49. The van der Waals surface area contributed by atoms with E-state index >= 15 is 0 Å². The number of hydrogen-bond donors (Lipinski definition) is 0. The number of rotatable bonds is 3. The molecule has 0 saturated carbocycles. The van der Waals surface area contributed by atoms with Crippen molar-refractivity contribution in [1.82, 2.24) is 19.8 Å². The average Bonchev–Trinajstić information content (AvgIpc) is 2.98. The van der Waals surface area contributed by atoms with E-state index in [0.29, 0.717) is 25.3 Å². The zero-order chi connectivity index (χ0) is 18.9. The highest BCUT2D eigenvalue weighted by molar-refractivity contribution is 5.93. The molecule has 2 aromatic rings. The number of carbonyl (C=O) groups is 2. The van der Waals surface area contributed by atoms with Crippen LogP contribution in [0.1, 0.15) is 41.0 Å². The smallest absolute Gasteiger partial charge is 0.272 e. The van der Waals surface area contributed by atoms with Gasteiger partial charge in [0, 0.05) is 44.3 Å². The minimum Gasteiger partial charge on any atom is -0.338 e. The molecule has 2 amide bonds. The fraction of sp³-hybridized carbons (Fsp3) is 0.429. The number of carbonyl (C=O) groups excluding carboxylic acids is 2. The van der Waals surface area contributed by atoms with Crippen LogP contribution in [0, 0.1) is 12.3 Å². The molecule has 1 atom stereocenters. The average molecular weight is 364 g/mol. The van der Waals surface area contributed by atoms with Crippen LogP contribution in [0.3, 0.4) is 0 Å². The maximum atomic E-state index is 13.2. The van der Waals surface area contributed by atoms with Gasteiger partial charge in [0.2, 0.25) is 5.91 Å². The van der Waals surface area contributed by atoms with Crippen LogP contribution in [0.25, 0.3) is 0 Å². The molecule has 0 aliphatic carbocycles. The van der Waals surface area contributed by atoms with E-state index < -0.39 is 5.41 Å². The van der Waals surface area contributed by atoms with Gasteiger partial charge in [-0.1, -0.05) is 6.07 Å². The number of pyridine rings is 2. The minimum atomic E-state index is -0.440. The summed E-state index contributed by atoms with van der Waals surface area (Å²) in [6.45, 7) is 4.41. The van der Waals surface area contributed by atoms with E-state index in [4.69, 9.17) is 0 Å². The lowest BCUT2D eigenvalue weighted by Crippen LogP contribution is -2.49. The maximum Gasteiger partial charge on any atom is 0.272 e. The Balaban J connectivity index is 1.49. The summed E-state index contributed by atoms with van der Waals surface area (Å²) >= 11 is 0. The molecule has 1 spiro atoms. The summed E-state index contributed by atoms with van der Waals surface area (Å²) in [7, 11) is 0. The Labute approximate surface area is 159 Å². The largest absolute Gasteiger partial charge is 0.338 e. The van der Waals surface area contributed by atoms with E-state index in [9.17, 15) is 9.59 Å². The molecule has 2 saturated heterocycles. The lowest BCUT2D eigenvalue weighted by molar-refractivity contribution is -0.138. The van der Waals surface area contributed by atoms with Gasteiger partial charge in [-0.2, -0.15) is 0 Å². The Morgan fingerprint density at radius 2 is 1.96 bits per heavy atom. The summed E-state index contributed by atoms with van der Waals surface area (Å²) in [6.07, 6.45) is 6.01. The number of aromatic nitrogens is 2. The van der Waals surface area contributed by atoms with Gasteiger partial charge in [0.05, 0.1) is 5.41 Å². The van der Waals surface area contributed by atoms with Crippen LogP contribution in [0.2, 0.25) is 0 Å². The van der Waals surface area contributed by atoms with Crippen molar-refractivity contribution in [3.63, 3.8) is 0 Å². The van der Waals surface area contributed by atoms with Gasteiger partial charge in [0.15, 0.2) is 0 Å². The number of amides is 2. The van der Waals surface area contributed by atoms with Crippen LogP contribution in [-0.4, -0.2) is 51.2 Å². The zero-order valence-corrected chi connectivity index (χ0v) is 15.6. The van der Waals surface area contributed by atoms with E-state index in [2.05, 4.69) is 9.97 Å². The predicted octanol–water partition coefficient (Wildman–Crippen LogP) is 2.44. The molecule has 0 bridgehead atoms. The summed E-state index contributed by atoms with van der Waals surface area (Å²) < 4.78 is 0. The number of nitrogens with zero attached hydrogens (tertiary/aromatic N) is 4. The predicted molar refractivity (Wildman–Crippen MR) is 101 cm³/mol. The Bertz CT molecular complexity index is 854. The van der Waals surface area contributed by atoms with Crippen LogP contribution in [0.4, 0.5) is 0 Å². The number of hydrogen-bond acceptors (Lipinski definition) is 4. The van der Waals surface area contributed by atoms with Crippen molar-refractivity contribution in [3.8, 4) is 0 Å². The molecule has 140 valence electrons. The van der Waals surface area contributed by atoms with Gasteiger partial charge in [0.1, 0.15) is 5.69 Å². The van der Waals surface area contributed by atoms with Crippen molar-refractivity contribution in [2.45, 2.75) is 32.7 Å². The van der Waals surface area contributed by atoms with Crippen molar-refractivity contribution in [1.29, 1.82) is 0 Å². The highest BCUT2D eigenvalue weighted by atomic mass is 16.2. The molecule has 0 radical (unpaired) electrons. The molecular weight excluding hydrogens is 340 g/mol. The highest BCUT2D eigenvalue weighted by Gasteiger charge is 2.49. The van der Waals surface area contributed by atoms with Gasteiger partial charge in [-0.05, 0) is 56.0 Å². The van der Waals surface area contributed by atoms with Gasteiger partial charge < -0.3 is 9.80 Å². The summed E-state index contributed by atoms with van der Waals surface area (Å²) in [5.41, 5.74) is 1.94. The van der Waals surface area contributed by atoms with E-state index in [0.717, 1.165) is 37.1 Å². The van der Waals surface area contributed by atoms with Crippen LogP contribution in [0.5, 0.6) is 0 Å². The van der Waals surface area contributed by atoms with E-state index in [1.54, 1.807) is 18.5 Å². The molecular formula is C21H24N4O2. The number of aryl methyl sites for hydroxylation is 1. The lowest BCUT2D eigenvalue weighted by atomic mass is 9.78. The topological polar surface area (TPSA) is 66.4 Å². The fourth-order valence-electron chi connectivity index (χ4n) is 4.26. The standard InChI is InChI=1S/C21H24N4O2/c1-16-4-2-5-18(23-16)19(26)25-12-3-8-21(15-25)9-13-24(20(21)27)14-17-6-10-22-11-7-17/h2,4-7,10-11H,3,8-9,12-15H2,1H3/t21-/m1/s1. The fourth-order valence-corrected chi connectivity index (χ4v) is 4.26. The van der Waals surface area contributed by atoms with Crippen LogP contribution in [-0.2, 0) is 11.3 Å². The minimum absolute atomic E-state index is 0.0711. The molecule has 6 nitrogen and oxygen atoms in total. The Hall–Kier alpha value is -2.76. The van der Waals surface area contributed by atoms with E-state index in [-0.39, 0.29) is 11.8 Å². The second-order valence-electron chi connectivity index (χ2n) is 7.61. The third kappa shape index (κ3) is 3.44. The number of piperidine rings is 1. The Morgan fingerprint density at radius 1 is 1.15 bits per heavy atom. The van der Waals surface area contributed by atoms with Crippen molar-refractivity contribution in [2.24, 2.45) is 5.41 Å². The molecule has 27 heavy (non-hydrogen) atoms. The van der Waals surface area contributed by atoms with Gasteiger partial charge in [-0.25, -0.2) is 4.98 Å². The van der Waals surface area contributed by atoms with Gasteiger partial charge in [-0.15, -0.1) is 0 Å². The summed E-state index contributed by atoms with van der Waals surface area (Å²) in [5.74, 6) is 0.104. The molecule has 0 unspecified atom stereocenters. The van der Waals surface area contributed by atoms with Gasteiger partial charge in [-0.3, -0.25) is 14.6 Å². The van der Waals surface area contributed by atoms with E-state index in [1.807, 2.05) is 41.0 Å². The van der Waals surface area contributed by atoms with E-state index in [1.165, 1.54) is 0 Å². The molecule has 0 aromatic carbocycles. The third-order valence-electron chi connectivity index (χ3n) is 5.70. The molecule has 2 aliphatic rings. The molecule has 4 rings (SSSR count). The molecule has 2 aliphatic heterocycles. The third-order valence-corrected chi connectivity index (χ3v) is 5.70. The monoisotopic (exact) mass is 364 g/mol. The normalized spacial score (nSPS) is 22.5. The van der Waals surface area contributed by atoms with Crippen molar-refractivity contribution < 1.29 is 9.59 Å². The zero-order valence-electron chi connectivity index (χ0n) is 15.6. The molecule has 2 aromatic heterocycles. The first-order valence-corrected chi connectivity index (χ1v) is 9.49. The van der Waals surface area contributed by atoms with Crippen LogP contribution < -0.4 is 0 Å². The van der Waals surface area contributed by atoms with Crippen LogP contribution >= 0.6 is 0 Å². The Kier molecular flexibility index (Phi) is 4.64. The number of likely N-dealkylation sites (tertiary alicyclic amines) is 2. The van der Waals surface area contributed by atoms with Crippen molar-refractivity contribution in [3.05, 3.63) is 59.7 Å². The van der Waals surface area contributed by atoms with Gasteiger partial charge in [0.25, 0.3) is 5.91 Å². The molecule has 6 heteroatoms. The SMILES string of the molecule is Cc1cccc(C(=O)N2CCC[C@@]3(CCN(Cc4ccncc4)C3=O)C2)n1. The second kappa shape index (κ2) is 7.10. The first-order chi connectivity index (χ1) is 13.1. The van der Waals surface area contributed by atoms with Crippen molar-refractivity contribution in [2.75, 3.05) is 19.6 Å². The first kappa shape index (κ1) is 17.6. The quantitative estimate of drug-likeness (QED) is 0.839. The molecule has 0 N–H and O–H groups in total. The maximum absolute atomic E-state index is 13.2. The molecule has 4 heterocycles. The van der Waals surface area contributed by atoms with Crippen LogP contribution in [0.15, 0.2) is 42.7 Å². The summed E-state index contributed by atoms with van der Waals surface area (Å²) in [5, 5.41) is 0. The lowest BCUT2D eigenvalue weighted by Gasteiger charge is -2.39. The van der Waals surface area contributed by atoms with Crippen molar-refractivity contribution >= 4 is 11.8 Å². The second-order valence-corrected chi connectivity index (χ2v) is 7.61. The summed E-state index contributed by atoms with van der Waals surface area (Å²) in [6, 6.07) is 9.37. The highest BCUT2D eigenvalue weighted by Crippen LogP contribution is 2.41. The molecule has 2 fully saturated rings. The van der Waals surface area contributed by atoms with Gasteiger partial charge >= 0.3 is 0 Å². The Morgan fingerprint density at radius 3 is 2.74 bits per heavy atom.